The second-order valence-electron chi connectivity index (χ2n) is 4.29. The van der Waals surface area contributed by atoms with E-state index in [0.717, 1.165) is 30.7 Å². The van der Waals surface area contributed by atoms with E-state index >= 15 is 0 Å². The summed E-state index contributed by atoms with van der Waals surface area (Å²) in [5.41, 5.74) is 0.191. The largest absolute Gasteiger partial charge is 0.416 e. The van der Waals surface area contributed by atoms with Crippen LogP contribution in [0.15, 0.2) is 24.3 Å². The van der Waals surface area contributed by atoms with Gasteiger partial charge in [0, 0.05) is 6.61 Å². The van der Waals surface area contributed by atoms with E-state index in [1.54, 1.807) is 0 Å². The second-order valence-corrected chi connectivity index (χ2v) is 4.29. The molecule has 0 spiro atoms. The average Bonchev–Trinajstić information content (AvgIpc) is 2.38. The van der Waals surface area contributed by atoms with Crippen LogP contribution in [0.5, 0.6) is 0 Å². The highest BCUT2D eigenvalue weighted by atomic mass is 19.4. The summed E-state index contributed by atoms with van der Waals surface area (Å²) < 4.78 is 42.8. The zero-order valence-electron chi connectivity index (χ0n) is 11.3. The molecule has 0 bridgehead atoms. The predicted molar refractivity (Wildman–Crippen MR) is 69.0 cm³/mol. The van der Waals surface area contributed by atoms with Gasteiger partial charge in [0.1, 0.15) is 0 Å². The predicted octanol–water partition coefficient (Wildman–Crippen LogP) is 3.78. The van der Waals surface area contributed by atoms with Gasteiger partial charge in [-0.3, -0.25) is 0 Å². The van der Waals surface area contributed by atoms with Crippen LogP contribution >= 0.6 is 0 Å². The summed E-state index contributed by atoms with van der Waals surface area (Å²) in [5, 5.41) is 3.27. The number of hydrogen-bond acceptors (Lipinski definition) is 2. The molecule has 108 valence electrons. The minimum absolute atomic E-state index is 0.0674. The molecule has 5 heteroatoms. The van der Waals surface area contributed by atoms with Crippen molar-refractivity contribution in [3.8, 4) is 0 Å². The summed E-state index contributed by atoms with van der Waals surface area (Å²) in [6.45, 7) is 5.78. The van der Waals surface area contributed by atoms with Crippen LogP contribution in [0.2, 0.25) is 0 Å². The Labute approximate surface area is 112 Å². The van der Waals surface area contributed by atoms with Gasteiger partial charge in [0.25, 0.3) is 0 Å². The maximum atomic E-state index is 12.5. The van der Waals surface area contributed by atoms with Crippen molar-refractivity contribution in [1.82, 2.24) is 5.32 Å². The summed E-state index contributed by atoms with van der Waals surface area (Å²) in [6, 6.07) is 5.18. The molecule has 19 heavy (non-hydrogen) atoms. The first-order valence-electron chi connectivity index (χ1n) is 6.47. The van der Waals surface area contributed by atoms with Gasteiger partial charge in [-0.25, -0.2) is 0 Å². The lowest BCUT2D eigenvalue weighted by Crippen LogP contribution is -2.26. The Morgan fingerprint density at radius 3 is 2.26 bits per heavy atom. The first-order chi connectivity index (χ1) is 8.99. The molecule has 0 aliphatic rings. The molecule has 1 N–H and O–H groups in total. The first kappa shape index (κ1) is 16.0. The SMILES string of the molecule is CCCNC(COCC)c1ccc(C(F)(F)F)cc1. The van der Waals surface area contributed by atoms with Gasteiger partial charge in [-0.15, -0.1) is 0 Å². The van der Waals surface area contributed by atoms with Crippen molar-refractivity contribution in [3.63, 3.8) is 0 Å². The summed E-state index contributed by atoms with van der Waals surface area (Å²) in [6.07, 6.45) is -3.33. The van der Waals surface area contributed by atoms with Gasteiger partial charge in [-0.2, -0.15) is 13.2 Å². The molecule has 0 amide bonds. The molecule has 1 atom stereocenters. The fourth-order valence-electron chi connectivity index (χ4n) is 1.73. The van der Waals surface area contributed by atoms with Gasteiger partial charge in [0.15, 0.2) is 0 Å². The quantitative estimate of drug-likeness (QED) is 0.817. The van der Waals surface area contributed by atoms with E-state index in [0.29, 0.717) is 13.2 Å². The highest BCUT2D eigenvalue weighted by Gasteiger charge is 2.30. The van der Waals surface area contributed by atoms with E-state index in [1.807, 2.05) is 13.8 Å². The molecule has 0 aliphatic heterocycles. The molecule has 1 aromatic carbocycles. The van der Waals surface area contributed by atoms with Crippen molar-refractivity contribution in [3.05, 3.63) is 35.4 Å². The van der Waals surface area contributed by atoms with E-state index in [2.05, 4.69) is 5.32 Å². The molecule has 1 unspecified atom stereocenters. The highest BCUT2D eigenvalue weighted by molar-refractivity contribution is 5.26. The molecule has 1 aromatic rings. The Bertz CT molecular complexity index is 354. The number of alkyl halides is 3. The Balaban J connectivity index is 2.78. The van der Waals surface area contributed by atoms with Crippen LogP contribution in [0, 0.1) is 0 Å². The number of hydrogen-bond donors (Lipinski definition) is 1. The van der Waals surface area contributed by atoms with Gasteiger partial charge in [0.2, 0.25) is 0 Å². The summed E-state index contributed by atoms with van der Waals surface area (Å²) in [5.74, 6) is 0. The molecule has 1 rings (SSSR count). The Hall–Kier alpha value is -1.07. The van der Waals surface area contributed by atoms with Crippen molar-refractivity contribution in [2.75, 3.05) is 19.8 Å². The normalized spacial score (nSPS) is 13.5. The third-order valence-corrected chi connectivity index (χ3v) is 2.77. The van der Waals surface area contributed by atoms with E-state index in [9.17, 15) is 13.2 Å². The van der Waals surface area contributed by atoms with Crippen LogP contribution < -0.4 is 5.32 Å². The lowest BCUT2D eigenvalue weighted by Gasteiger charge is -2.19. The molecular formula is C14H20F3NO. The van der Waals surface area contributed by atoms with Crippen LogP contribution in [-0.2, 0) is 10.9 Å². The molecule has 0 saturated carbocycles. The zero-order chi connectivity index (χ0) is 14.3. The lowest BCUT2D eigenvalue weighted by atomic mass is 10.0. The highest BCUT2D eigenvalue weighted by Crippen LogP contribution is 2.29. The monoisotopic (exact) mass is 275 g/mol. The van der Waals surface area contributed by atoms with Crippen LogP contribution in [0.3, 0.4) is 0 Å². The molecular weight excluding hydrogens is 255 g/mol. The molecule has 0 fully saturated rings. The van der Waals surface area contributed by atoms with Gasteiger partial charge in [-0.1, -0.05) is 19.1 Å². The minimum atomic E-state index is -4.29. The smallest absolute Gasteiger partial charge is 0.380 e. The fourth-order valence-corrected chi connectivity index (χ4v) is 1.73. The van der Waals surface area contributed by atoms with E-state index < -0.39 is 11.7 Å². The molecule has 0 aromatic heterocycles. The Morgan fingerprint density at radius 2 is 1.79 bits per heavy atom. The number of rotatable bonds is 7. The molecule has 0 radical (unpaired) electrons. The van der Waals surface area contributed by atoms with Gasteiger partial charge >= 0.3 is 6.18 Å². The van der Waals surface area contributed by atoms with Crippen molar-refractivity contribution in [2.45, 2.75) is 32.5 Å². The number of nitrogens with one attached hydrogen (secondary N) is 1. The molecule has 0 heterocycles. The van der Waals surface area contributed by atoms with E-state index in [4.69, 9.17) is 4.74 Å². The van der Waals surface area contributed by atoms with Crippen LogP contribution in [-0.4, -0.2) is 19.8 Å². The number of benzene rings is 1. The third kappa shape index (κ3) is 5.20. The van der Waals surface area contributed by atoms with Crippen molar-refractivity contribution in [2.24, 2.45) is 0 Å². The second kappa shape index (κ2) is 7.50. The lowest BCUT2D eigenvalue weighted by molar-refractivity contribution is -0.137. The Morgan fingerprint density at radius 1 is 1.16 bits per heavy atom. The van der Waals surface area contributed by atoms with Crippen LogP contribution in [0.25, 0.3) is 0 Å². The Kier molecular flexibility index (Phi) is 6.31. The summed E-state index contributed by atoms with van der Waals surface area (Å²) in [7, 11) is 0. The van der Waals surface area contributed by atoms with Crippen molar-refractivity contribution < 1.29 is 17.9 Å². The summed E-state index contributed by atoms with van der Waals surface area (Å²) >= 11 is 0. The topological polar surface area (TPSA) is 21.3 Å². The minimum Gasteiger partial charge on any atom is -0.380 e. The first-order valence-corrected chi connectivity index (χ1v) is 6.47. The number of halogens is 3. The standard InChI is InChI=1S/C14H20F3NO/c1-3-9-18-13(10-19-4-2)11-5-7-12(8-6-11)14(15,16)17/h5-8,13,18H,3-4,9-10H2,1-2H3. The zero-order valence-corrected chi connectivity index (χ0v) is 11.3. The maximum Gasteiger partial charge on any atom is 0.416 e. The average molecular weight is 275 g/mol. The van der Waals surface area contributed by atoms with Crippen LogP contribution in [0.4, 0.5) is 13.2 Å². The van der Waals surface area contributed by atoms with E-state index in [1.165, 1.54) is 12.1 Å². The maximum absolute atomic E-state index is 12.5. The van der Waals surface area contributed by atoms with Crippen molar-refractivity contribution in [1.29, 1.82) is 0 Å². The molecule has 0 saturated heterocycles. The third-order valence-electron chi connectivity index (χ3n) is 2.77. The van der Waals surface area contributed by atoms with E-state index in [-0.39, 0.29) is 6.04 Å². The van der Waals surface area contributed by atoms with Gasteiger partial charge < -0.3 is 10.1 Å². The van der Waals surface area contributed by atoms with Gasteiger partial charge in [-0.05, 0) is 37.6 Å². The fraction of sp³-hybridized carbons (Fsp3) is 0.571. The molecule has 2 nitrogen and oxygen atoms in total. The van der Waals surface area contributed by atoms with Crippen molar-refractivity contribution >= 4 is 0 Å². The van der Waals surface area contributed by atoms with Gasteiger partial charge in [0.05, 0.1) is 18.2 Å². The summed E-state index contributed by atoms with van der Waals surface area (Å²) in [4.78, 5) is 0. The van der Waals surface area contributed by atoms with Crippen LogP contribution in [0.1, 0.15) is 37.4 Å². The number of ether oxygens (including phenoxy) is 1. The molecule has 0 aliphatic carbocycles.